The molecule has 1 N–H and O–H groups in total. The molecular formula is C14H21BrN2O. The molecule has 100 valence electrons. The van der Waals surface area contributed by atoms with E-state index in [1.54, 1.807) is 6.20 Å². The number of nitrogens with zero attached hydrogens (tertiary/aromatic N) is 1. The van der Waals surface area contributed by atoms with Crippen molar-refractivity contribution in [1.29, 1.82) is 0 Å². The summed E-state index contributed by atoms with van der Waals surface area (Å²) in [6.07, 6.45) is 5.04. The Hall–Kier alpha value is -0.900. The van der Waals surface area contributed by atoms with Gasteiger partial charge in [0.25, 0.3) is 5.91 Å². The molecule has 0 aliphatic carbocycles. The van der Waals surface area contributed by atoms with Crippen LogP contribution in [-0.2, 0) is 0 Å². The number of pyridine rings is 1. The Morgan fingerprint density at radius 3 is 2.89 bits per heavy atom. The summed E-state index contributed by atoms with van der Waals surface area (Å²) in [5.41, 5.74) is 1.45. The fourth-order valence-corrected chi connectivity index (χ4v) is 2.60. The van der Waals surface area contributed by atoms with Crippen molar-refractivity contribution in [2.75, 3.05) is 11.9 Å². The van der Waals surface area contributed by atoms with Gasteiger partial charge in [0.1, 0.15) is 5.69 Å². The highest BCUT2D eigenvalue weighted by molar-refractivity contribution is 9.09. The Balaban J connectivity index is 2.52. The van der Waals surface area contributed by atoms with E-state index in [1.165, 1.54) is 0 Å². The first-order valence-corrected chi connectivity index (χ1v) is 7.57. The number of nitrogens with one attached hydrogen (secondary N) is 1. The molecule has 0 aromatic carbocycles. The molecule has 18 heavy (non-hydrogen) atoms. The lowest BCUT2D eigenvalue weighted by molar-refractivity contribution is 0.0940. The molecule has 1 unspecified atom stereocenters. The highest BCUT2D eigenvalue weighted by atomic mass is 79.9. The summed E-state index contributed by atoms with van der Waals surface area (Å²) < 4.78 is 0. The number of aryl methyl sites for hydroxylation is 1. The van der Waals surface area contributed by atoms with E-state index >= 15 is 0 Å². The van der Waals surface area contributed by atoms with E-state index in [0.29, 0.717) is 11.6 Å². The van der Waals surface area contributed by atoms with Gasteiger partial charge in [-0.3, -0.25) is 9.78 Å². The molecule has 0 spiro atoms. The summed E-state index contributed by atoms with van der Waals surface area (Å²) in [5, 5.41) is 3.97. The highest BCUT2D eigenvalue weighted by Gasteiger charge is 2.12. The van der Waals surface area contributed by atoms with Gasteiger partial charge in [-0.15, -0.1) is 0 Å². The summed E-state index contributed by atoms with van der Waals surface area (Å²) >= 11 is 3.46. The van der Waals surface area contributed by atoms with Crippen LogP contribution in [0.2, 0.25) is 0 Å². The zero-order chi connectivity index (χ0) is 13.4. The predicted molar refractivity (Wildman–Crippen MR) is 78.1 cm³/mol. The van der Waals surface area contributed by atoms with Crippen molar-refractivity contribution in [3.05, 3.63) is 29.6 Å². The molecule has 4 heteroatoms. The third-order valence-electron chi connectivity index (χ3n) is 2.99. The quantitative estimate of drug-likeness (QED) is 0.785. The van der Waals surface area contributed by atoms with E-state index in [9.17, 15) is 4.79 Å². The van der Waals surface area contributed by atoms with Gasteiger partial charge >= 0.3 is 0 Å². The van der Waals surface area contributed by atoms with Crippen molar-refractivity contribution in [3.8, 4) is 0 Å². The largest absolute Gasteiger partial charge is 0.350 e. The van der Waals surface area contributed by atoms with E-state index in [2.05, 4.69) is 33.2 Å². The number of rotatable bonds is 7. The minimum atomic E-state index is -0.0659. The summed E-state index contributed by atoms with van der Waals surface area (Å²) in [6, 6.07) is 3.75. The average molecular weight is 313 g/mol. The second-order valence-electron chi connectivity index (χ2n) is 4.51. The van der Waals surface area contributed by atoms with Crippen LogP contribution in [0.3, 0.4) is 0 Å². The first-order chi connectivity index (χ1) is 8.69. The van der Waals surface area contributed by atoms with Crippen molar-refractivity contribution >= 4 is 21.8 Å². The number of halogens is 1. The minimum absolute atomic E-state index is 0.0659. The van der Waals surface area contributed by atoms with Crippen LogP contribution in [0.25, 0.3) is 0 Å². The summed E-state index contributed by atoms with van der Waals surface area (Å²) in [4.78, 5) is 16.1. The van der Waals surface area contributed by atoms with Crippen LogP contribution in [0.1, 0.15) is 42.2 Å². The number of carbonyl (C=O) groups excluding carboxylic acids is 1. The van der Waals surface area contributed by atoms with Crippen molar-refractivity contribution in [3.63, 3.8) is 0 Å². The van der Waals surface area contributed by atoms with Crippen molar-refractivity contribution in [1.82, 2.24) is 10.3 Å². The van der Waals surface area contributed by atoms with E-state index in [-0.39, 0.29) is 5.91 Å². The Morgan fingerprint density at radius 1 is 1.50 bits per heavy atom. The molecular weight excluding hydrogens is 292 g/mol. The van der Waals surface area contributed by atoms with Gasteiger partial charge < -0.3 is 5.32 Å². The number of hydrogen-bond donors (Lipinski definition) is 1. The van der Waals surface area contributed by atoms with Crippen LogP contribution in [-0.4, -0.2) is 22.8 Å². The second-order valence-corrected chi connectivity index (χ2v) is 5.30. The lowest BCUT2D eigenvalue weighted by Crippen LogP contribution is -2.30. The van der Waals surface area contributed by atoms with Crippen LogP contribution in [0.4, 0.5) is 0 Å². The maximum absolute atomic E-state index is 12.0. The minimum Gasteiger partial charge on any atom is -0.350 e. The maximum Gasteiger partial charge on any atom is 0.270 e. The zero-order valence-corrected chi connectivity index (χ0v) is 12.7. The smallest absolute Gasteiger partial charge is 0.270 e. The zero-order valence-electron chi connectivity index (χ0n) is 11.1. The Bertz CT molecular complexity index is 376. The van der Waals surface area contributed by atoms with Gasteiger partial charge in [-0.2, -0.15) is 0 Å². The lowest BCUT2D eigenvalue weighted by atomic mass is 10.0. The van der Waals surface area contributed by atoms with Gasteiger partial charge in [-0.05, 0) is 37.3 Å². The molecule has 1 heterocycles. The number of hydrogen-bond acceptors (Lipinski definition) is 2. The monoisotopic (exact) mass is 312 g/mol. The third kappa shape index (κ3) is 4.77. The van der Waals surface area contributed by atoms with Crippen molar-refractivity contribution < 1.29 is 4.79 Å². The van der Waals surface area contributed by atoms with E-state index in [0.717, 1.165) is 36.7 Å². The number of carbonyl (C=O) groups is 1. The Kier molecular flexibility index (Phi) is 6.94. The van der Waals surface area contributed by atoms with Crippen LogP contribution in [0, 0.1) is 12.8 Å². The molecule has 0 aliphatic heterocycles. The highest BCUT2D eigenvalue weighted by Crippen LogP contribution is 2.12. The molecule has 1 atom stereocenters. The molecule has 0 bridgehead atoms. The van der Waals surface area contributed by atoms with Crippen LogP contribution < -0.4 is 5.32 Å². The molecule has 1 aromatic heterocycles. The van der Waals surface area contributed by atoms with E-state index < -0.39 is 0 Å². The lowest BCUT2D eigenvalue weighted by Gasteiger charge is -2.15. The number of aromatic nitrogens is 1. The summed E-state index contributed by atoms with van der Waals surface area (Å²) in [6.45, 7) is 4.81. The molecule has 0 radical (unpaired) electrons. The molecule has 0 aliphatic rings. The maximum atomic E-state index is 12.0. The first-order valence-electron chi connectivity index (χ1n) is 6.44. The molecule has 0 saturated carbocycles. The fourth-order valence-electron chi connectivity index (χ4n) is 1.96. The topological polar surface area (TPSA) is 42.0 Å². The predicted octanol–water partition coefficient (Wildman–Crippen LogP) is 3.32. The van der Waals surface area contributed by atoms with E-state index in [1.807, 2.05) is 19.1 Å². The molecule has 1 aromatic rings. The summed E-state index contributed by atoms with van der Waals surface area (Å²) in [7, 11) is 0. The normalized spacial score (nSPS) is 12.2. The van der Waals surface area contributed by atoms with Gasteiger partial charge in [-0.1, -0.05) is 35.3 Å². The Morgan fingerprint density at radius 2 is 2.28 bits per heavy atom. The number of amides is 1. The SMILES string of the molecule is CCCC(CCBr)CNC(=O)c1ncccc1C. The van der Waals surface area contributed by atoms with Gasteiger partial charge in [0.05, 0.1) is 0 Å². The molecule has 1 rings (SSSR count). The Labute approximate surface area is 118 Å². The van der Waals surface area contributed by atoms with E-state index in [4.69, 9.17) is 0 Å². The summed E-state index contributed by atoms with van der Waals surface area (Å²) in [5.74, 6) is 0.478. The van der Waals surface area contributed by atoms with Gasteiger partial charge in [-0.25, -0.2) is 0 Å². The van der Waals surface area contributed by atoms with Gasteiger partial charge in [0, 0.05) is 18.1 Å². The molecule has 1 amide bonds. The van der Waals surface area contributed by atoms with Crippen molar-refractivity contribution in [2.45, 2.75) is 33.1 Å². The molecule has 0 fully saturated rings. The second kappa shape index (κ2) is 8.25. The standard InChI is InChI=1S/C14H21BrN2O/c1-3-5-12(7-8-15)10-17-14(18)13-11(2)6-4-9-16-13/h4,6,9,12H,3,5,7-8,10H2,1-2H3,(H,17,18). The van der Waals surface area contributed by atoms with Gasteiger partial charge in [0.2, 0.25) is 0 Å². The number of alkyl halides is 1. The molecule has 0 saturated heterocycles. The van der Waals surface area contributed by atoms with Crippen LogP contribution in [0.15, 0.2) is 18.3 Å². The first kappa shape index (κ1) is 15.2. The average Bonchev–Trinajstić information content (AvgIpc) is 2.36. The van der Waals surface area contributed by atoms with Crippen molar-refractivity contribution in [2.24, 2.45) is 5.92 Å². The third-order valence-corrected chi connectivity index (χ3v) is 3.45. The van der Waals surface area contributed by atoms with Crippen LogP contribution in [0.5, 0.6) is 0 Å². The van der Waals surface area contributed by atoms with Gasteiger partial charge in [0.15, 0.2) is 0 Å². The fraction of sp³-hybridized carbons (Fsp3) is 0.571. The molecule has 3 nitrogen and oxygen atoms in total. The van der Waals surface area contributed by atoms with Crippen LogP contribution >= 0.6 is 15.9 Å².